The number of nitrogens with one attached hydrogen (secondary N) is 1. The largest absolute Gasteiger partial charge is 0.366 e. The summed E-state index contributed by atoms with van der Waals surface area (Å²) in [6, 6.07) is 5.97. The molecule has 0 aliphatic carbocycles. The van der Waals surface area contributed by atoms with Crippen molar-refractivity contribution in [3.63, 3.8) is 0 Å². The molecule has 1 atom stereocenters. The third-order valence-electron chi connectivity index (χ3n) is 2.75. The van der Waals surface area contributed by atoms with Crippen molar-refractivity contribution in [2.24, 2.45) is 0 Å². The molecule has 0 amide bonds. The Morgan fingerprint density at radius 2 is 2.11 bits per heavy atom. The van der Waals surface area contributed by atoms with Crippen LogP contribution < -0.4 is 5.32 Å². The van der Waals surface area contributed by atoms with Crippen molar-refractivity contribution in [3.05, 3.63) is 43.0 Å². The molecular weight excluding hydrogens is 240 g/mol. The number of fused-ring (bicyclic) bond motifs is 1. The zero-order chi connectivity index (χ0) is 13.1. The smallest absolute Gasteiger partial charge is 0.180 e. The van der Waals surface area contributed by atoms with Gasteiger partial charge in [0.1, 0.15) is 11.3 Å². The number of hydrogen-bond donors (Lipinski definition) is 1. The second-order valence-corrected chi connectivity index (χ2v) is 4.37. The summed E-state index contributed by atoms with van der Waals surface area (Å²) < 4.78 is 1.89. The molecule has 1 N–H and O–H groups in total. The molecular formula is C13H14N6. The Hall–Kier alpha value is -2.50. The van der Waals surface area contributed by atoms with Crippen LogP contribution in [0.15, 0.2) is 43.0 Å². The Kier molecular flexibility index (Phi) is 3.06. The third kappa shape index (κ3) is 2.67. The van der Waals surface area contributed by atoms with Crippen LogP contribution >= 0.6 is 0 Å². The molecule has 0 radical (unpaired) electrons. The second-order valence-electron chi connectivity index (χ2n) is 4.37. The summed E-state index contributed by atoms with van der Waals surface area (Å²) in [6.07, 6.45) is 7.03. The fourth-order valence-corrected chi connectivity index (χ4v) is 1.92. The molecule has 6 heteroatoms. The summed E-state index contributed by atoms with van der Waals surface area (Å²) in [5, 5.41) is 7.51. The summed E-state index contributed by atoms with van der Waals surface area (Å²) in [6.45, 7) is 2.87. The van der Waals surface area contributed by atoms with Crippen LogP contribution in [0.1, 0.15) is 6.92 Å². The van der Waals surface area contributed by atoms with Crippen molar-refractivity contribution in [2.45, 2.75) is 19.5 Å². The van der Waals surface area contributed by atoms with E-state index in [2.05, 4.69) is 32.3 Å². The molecule has 19 heavy (non-hydrogen) atoms. The van der Waals surface area contributed by atoms with E-state index < -0.39 is 0 Å². The third-order valence-corrected chi connectivity index (χ3v) is 2.75. The van der Waals surface area contributed by atoms with Crippen molar-refractivity contribution < 1.29 is 0 Å². The minimum absolute atomic E-state index is 0.224. The van der Waals surface area contributed by atoms with E-state index in [-0.39, 0.29) is 6.04 Å². The fraction of sp³-hybridized carbons (Fsp3) is 0.231. The van der Waals surface area contributed by atoms with Gasteiger partial charge in [0, 0.05) is 30.8 Å². The second kappa shape index (κ2) is 5.01. The monoisotopic (exact) mass is 254 g/mol. The molecule has 3 aromatic heterocycles. The highest BCUT2D eigenvalue weighted by Gasteiger charge is 2.05. The van der Waals surface area contributed by atoms with Crippen molar-refractivity contribution >= 4 is 17.0 Å². The first-order valence-electron chi connectivity index (χ1n) is 6.13. The average molecular weight is 254 g/mol. The number of hydrogen-bond acceptors (Lipinski definition) is 5. The van der Waals surface area contributed by atoms with E-state index in [1.807, 2.05) is 29.1 Å². The summed E-state index contributed by atoms with van der Waals surface area (Å²) in [5.74, 6) is 0.799. The Balaban J connectivity index is 1.73. The van der Waals surface area contributed by atoms with Crippen LogP contribution in [0.3, 0.4) is 0 Å². The highest BCUT2D eigenvalue weighted by molar-refractivity contribution is 5.71. The molecule has 3 rings (SSSR count). The molecule has 0 fully saturated rings. The van der Waals surface area contributed by atoms with Crippen LogP contribution in [-0.2, 0) is 6.54 Å². The number of nitrogens with zero attached hydrogens (tertiary/aromatic N) is 5. The topological polar surface area (TPSA) is 68.5 Å². The first kappa shape index (κ1) is 11.6. The first-order valence-corrected chi connectivity index (χ1v) is 6.13. The van der Waals surface area contributed by atoms with Gasteiger partial charge in [-0.25, -0.2) is 9.97 Å². The van der Waals surface area contributed by atoms with Gasteiger partial charge >= 0.3 is 0 Å². The summed E-state index contributed by atoms with van der Waals surface area (Å²) in [7, 11) is 0. The number of pyridine rings is 1. The number of aromatic nitrogens is 5. The SMILES string of the molecule is CC(Cn1cccn1)Nc1ccc2nccnc2n1. The van der Waals surface area contributed by atoms with E-state index in [0.717, 1.165) is 17.9 Å². The molecule has 0 aliphatic rings. The molecule has 3 aromatic rings. The Morgan fingerprint density at radius 1 is 1.21 bits per heavy atom. The summed E-state index contributed by atoms with van der Waals surface area (Å²) in [4.78, 5) is 12.8. The van der Waals surface area contributed by atoms with E-state index in [0.29, 0.717) is 5.65 Å². The van der Waals surface area contributed by atoms with Gasteiger partial charge in [0.15, 0.2) is 5.65 Å². The van der Waals surface area contributed by atoms with Crippen molar-refractivity contribution in [1.82, 2.24) is 24.7 Å². The maximum absolute atomic E-state index is 4.43. The average Bonchev–Trinajstić information content (AvgIpc) is 2.91. The van der Waals surface area contributed by atoms with Crippen molar-refractivity contribution in [3.8, 4) is 0 Å². The van der Waals surface area contributed by atoms with Crippen LogP contribution in [0.5, 0.6) is 0 Å². The number of anilines is 1. The van der Waals surface area contributed by atoms with Gasteiger partial charge in [-0.05, 0) is 25.1 Å². The molecule has 6 nitrogen and oxygen atoms in total. The van der Waals surface area contributed by atoms with Crippen LogP contribution in [0, 0.1) is 0 Å². The quantitative estimate of drug-likeness (QED) is 0.767. The lowest BCUT2D eigenvalue weighted by atomic mass is 10.3. The summed E-state index contributed by atoms with van der Waals surface area (Å²) in [5.41, 5.74) is 1.45. The highest BCUT2D eigenvalue weighted by Crippen LogP contribution is 2.11. The molecule has 3 heterocycles. The summed E-state index contributed by atoms with van der Waals surface area (Å²) >= 11 is 0. The fourth-order valence-electron chi connectivity index (χ4n) is 1.92. The van der Waals surface area contributed by atoms with E-state index >= 15 is 0 Å². The molecule has 0 bridgehead atoms. The van der Waals surface area contributed by atoms with Gasteiger partial charge in [0.05, 0.1) is 6.54 Å². The standard InChI is InChI=1S/C13H14N6/c1-10(9-19-8-2-5-16-19)17-12-4-3-11-13(18-12)15-7-6-14-11/h2-8,10H,9H2,1H3,(H,15,17,18). The van der Waals surface area contributed by atoms with Crippen LogP contribution in [-0.4, -0.2) is 30.8 Å². The predicted octanol–water partition coefficient (Wildman–Crippen LogP) is 1.72. The molecule has 0 saturated carbocycles. The molecule has 96 valence electrons. The predicted molar refractivity (Wildman–Crippen MR) is 72.6 cm³/mol. The minimum atomic E-state index is 0.224. The van der Waals surface area contributed by atoms with Gasteiger partial charge in [-0.1, -0.05) is 0 Å². The molecule has 0 spiro atoms. The Labute approximate surface area is 110 Å². The zero-order valence-corrected chi connectivity index (χ0v) is 10.6. The van der Waals surface area contributed by atoms with Gasteiger partial charge in [0.25, 0.3) is 0 Å². The first-order chi connectivity index (χ1) is 9.31. The highest BCUT2D eigenvalue weighted by atomic mass is 15.3. The Bertz CT molecular complexity index is 664. The van der Waals surface area contributed by atoms with Crippen molar-refractivity contribution in [1.29, 1.82) is 0 Å². The minimum Gasteiger partial charge on any atom is -0.366 e. The molecule has 0 aliphatic heterocycles. The normalized spacial score (nSPS) is 12.5. The van der Waals surface area contributed by atoms with E-state index in [1.54, 1.807) is 18.6 Å². The maximum Gasteiger partial charge on any atom is 0.180 e. The zero-order valence-electron chi connectivity index (χ0n) is 10.6. The van der Waals surface area contributed by atoms with Gasteiger partial charge in [-0.2, -0.15) is 5.10 Å². The van der Waals surface area contributed by atoms with Crippen molar-refractivity contribution in [2.75, 3.05) is 5.32 Å². The maximum atomic E-state index is 4.43. The van der Waals surface area contributed by atoms with Crippen LogP contribution in [0.4, 0.5) is 5.82 Å². The van der Waals surface area contributed by atoms with E-state index in [1.165, 1.54) is 0 Å². The van der Waals surface area contributed by atoms with E-state index in [4.69, 9.17) is 0 Å². The van der Waals surface area contributed by atoms with E-state index in [9.17, 15) is 0 Å². The van der Waals surface area contributed by atoms with Gasteiger partial charge in [0.2, 0.25) is 0 Å². The lowest BCUT2D eigenvalue weighted by Gasteiger charge is -2.14. The van der Waals surface area contributed by atoms with Crippen LogP contribution in [0.25, 0.3) is 11.2 Å². The molecule has 1 unspecified atom stereocenters. The number of rotatable bonds is 4. The lowest BCUT2D eigenvalue weighted by Crippen LogP contribution is -2.22. The van der Waals surface area contributed by atoms with Gasteiger partial charge < -0.3 is 5.32 Å². The van der Waals surface area contributed by atoms with Gasteiger partial charge in [-0.15, -0.1) is 0 Å². The molecule has 0 aromatic carbocycles. The lowest BCUT2D eigenvalue weighted by molar-refractivity contribution is 0.560. The Morgan fingerprint density at radius 3 is 2.95 bits per heavy atom. The molecule has 0 saturated heterocycles. The van der Waals surface area contributed by atoms with Gasteiger partial charge in [-0.3, -0.25) is 9.67 Å². The van der Waals surface area contributed by atoms with Crippen LogP contribution in [0.2, 0.25) is 0 Å².